The van der Waals surface area contributed by atoms with Gasteiger partial charge in [-0.25, -0.2) is 5.43 Å². The van der Waals surface area contributed by atoms with Gasteiger partial charge in [0.2, 0.25) is 0 Å². The SMILES string of the molecule is CCSCCNCc1ccc(C(=O)Nc2ccc(Br)cc2C(=O)N/N=C/c2ccc(OC)cc2)cc1. The van der Waals surface area contributed by atoms with Crippen molar-refractivity contribution in [3.63, 3.8) is 0 Å². The number of nitrogens with zero attached hydrogens (tertiary/aromatic N) is 1. The molecule has 9 heteroatoms. The molecule has 0 aliphatic heterocycles. The fourth-order valence-electron chi connectivity index (χ4n) is 3.22. The lowest BCUT2D eigenvalue weighted by atomic mass is 10.1. The number of nitrogens with one attached hydrogen (secondary N) is 3. The van der Waals surface area contributed by atoms with E-state index in [4.69, 9.17) is 4.74 Å². The van der Waals surface area contributed by atoms with Crippen molar-refractivity contribution in [2.45, 2.75) is 13.5 Å². The fraction of sp³-hybridized carbons (Fsp3) is 0.222. The number of ether oxygens (including phenoxy) is 1. The molecule has 0 saturated carbocycles. The third-order valence-corrected chi connectivity index (χ3v) is 6.54. The third kappa shape index (κ3) is 8.51. The first-order valence-electron chi connectivity index (χ1n) is 11.5. The van der Waals surface area contributed by atoms with E-state index in [2.05, 4.69) is 44.0 Å². The van der Waals surface area contributed by atoms with Crippen molar-refractivity contribution in [1.29, 1.82) is 0 Å². The molecule has 0 heterocycles. The van der Waals surface area contributed by atoms with E-state index >= 15 is 0 Å². The van der Waals surface area contributed by atoms with Gasteiger partial charge in [0.15, 0.2) is 0 Å². The number of amides is 2. The van der Waals surface area contributed by atoms with E-state index in [0.717, 1.165) is 41.5 Å². The maximum Gasteiger partial charge on any atom is 0.273 e. The van der Waals surface area contributed by atoms with Crippen molar-refractivity contribution < 1.29 is 14.3 Å². The lowest BCUT2D eigenvalue weighted by Crippen LogP contribution is -2.21. The minimum Gasteiger partial charge on any atom is -0.497 e. The highest BCUT2D eigenvalue weighted by molar-refractivity contribution is 9.10. The quantitative estimate of drug-likeness (QED) is 0.156. The molecule has 0 atom stereocenters. The number of benzene rings is 3. The van der Waals surface area contributed by atoms with Crippen LogP contribution in [0.2, 0.25) is 0 Å². The van der Waals surface area contributed by atoms with Gasteiger partial charge >= 0.3 is 0 Å². The van der Waals surface area contributed by atoms with Gasteiger partial charge in [-0.1, -0.05) is 35.0 Å². The number of hydrogen-bond acceptors (Lipinski definition) is 6. The molecule has 7 nitrogen and oxygen atoms in total. The van der Waals surface area contributed by atoms with Crippen molar-refractivity contribution in [1.82, 2.24) is 10.7 Å². The Morgan fingerprint density at radius 1 is 1.03 bits per heavy atom. The van der Waals surface area contributed by atoms with Crippen molar-refractivity contribution >= 4 is 51.4 Å². The van der Waals surface area contributed by atoms with Crippen LogP contribution in [0.4, 0.5) is 5.69 Å². The van der Waals surface area contributed by atoms with Gasteiger partial charge in [-0.2, -0.15) is 16.9 Å². The summed E-state index contributed by atoms with van der Waals surface area (Å²) in [6.07, 6.45) is 1.53. The summed E-state index contributed by atoms with van der Waals surface area (Å²) in [7, 11) is 1.60. The summed E-state index contributed by atoms with van der Waals surface area (Å²) in [5.41, 5.74) is 5.60. The van der Waals surface area contributed by atoms with Crippen molar-refractivity contribution in [2.75, 3.05) is 30.5 Å². The van der Waals surface area contributed by atoms with Gasteiger partial charge in [0.1, 0.15) is 5.75 Å². The van der Waals surface area contributed by atoms with E-state index in [-0.39, 0.29) is 11.5 Å². The van der Waals surface area contributed by atoms with Crippen LogP contribution in [0.3, 0.4) is 0 Å². The molecule has 0 aliphatic carbocycles. The van der Waals surface area contributed by atoms with Crippen LogP contribution >= 0.6 is 27.7 Å². The summed E-state index contributed by atoms with van der Waals surface area (Å²) >= 11 is 5.29. The average molecular weight is 570 g/mol. The number of rotatable bonds is 12. The Bertz CT molecular complexity index is 1180. The number of carbonyl (C=O) groups is 2. The summed E-state index contributed by atoms with van der Waals surface area (Å²) in [4.78, 5) is 25.7. The Kier molecular flexibility index (Phi) is 11.0. The number of methoxy groups -OCH3 is 1. The van der Waals surface area contributed by atoms with Gasteiger partial charge in [0.05, 0.1) is 24.6 Å². The largest absolute Gasteiger partial charge is 0.497 e. The lowest BCUT2D eigenvalue weighted by molar-refractivity contribution is 0.0956. The summed E-state index contributed by atoms with van der Waals surface area (Å²) in [6, 6.07) is 19.8. The Morgan fingerprint density at radius 2 is 1.78 bits per heavy atom. The van der Waals surface area contributed by atoms with Crippen LogP contribution in [0, 0.1) is 0 Å². The summed E-state index contributed by atoms with van der Waals surface area (Å²) in [6.45, 7) is 3.84. The first kappa shape index (κ1) is 27.4. The van der Waals surface area contributed by atoms with Crippen molar-refractivity contribution in [3.05, 3.63) is 93.5 Å². The molecule has 3 rings (SSSR count). The Morgan fingerprint density at radius 3 is 2.47 bits per heavy atom. The molecule has 36 heavy (non-hydrogen) atoms. The highest BCUT2D eigenvalue weighted by Gasteiger charge is 2.15. The van der Waals surface area contributed by atoms with Crippen LogP contribution in [0.25, 0.3) is 0 Å². The Labute approximate surface area is 224 Å². The zero-order valence-electron chi connectivity index (χ0n) is 20.2. The van der Waals surface area contributed by atoms with E-state index in [0.29, 0.717) is 15.7 Å². The number of carbonyl (C=O) groups excluding carboxylic acids is 2. The van der Waals surface area contributed by atoms with Crippen LogP contribution in [0.5, 0.6) is 5.75 Å². The van der Waals surface area contributed by atoms with Crippen LogP contribution in [0.1, 0.15) is 38.8 Å². The second-order valence-corrected chi connectivity index (χ2v) is 10.00. The van der Waals surface area contributed by atoms with Crippen LogP contribution < -0.4 is 20.8 Å². The van der Waals surface area contributed by atoms with E-state index in [1.807, 2.05) is 36.0 Å². The van der Waals surface area contributed by atoms with Crippen molar-refractivity contribution in [2.24, 2.45) is 5.10 Å². The van der Waals surface area contributed by atoms with Gasteiger partial charge in [-0.05, 0) is 71.5 Å². The summed E-state index contributed by atoms with van der Waals surface area (Å²) < 4.78 is 5.84. The second-order valence-electron chi connectivity index (χ2n) is 7.69. The normalized spacial score (nSPS) is 10.9. The molecule has 0 unspecified atom stereocenters. The van der Waals surface area contributed by atoms with Gasteiger partial charge in [-0.3, -0.25) is 9.59 Å². The predicted molar refractivity (Wildman–Crippen MR) is 151 cm³/mol. The first-order chi connectivity index (χ1) is 17.5. The molecular weight excluding hydrogens is 540 g/mol. The Hall–Kier alpha value is -3.14. The predicted octanol–water partition coefficient (Wildman–Crippen LogP) is 5.32. The monoisotopic (exact) mass is 568 g/mol. The molecule has 0 radical (unpaired) electrons. The Balaban J connectivity index is 1.61. The van der Waals surface area contributed by atoms with Gasteiger partial charge in [-0.15, -0.1) is 0 Å². The molecule has 0 aliphatic rings. The highest BCUT2D eigenvalue weighted by Crippen LogP contribution is 2.22. The molecule has 188 valence electrons. The molecule has 0 saturated heterocycles. The van der Waals surface area contributed by atoms with E-state index in [1.54, 1.807) is 49.6 Å². The molecule has 2 amide bonds. The van der Waals surface area contributed by atoms with E-state index in [9.17, 15) is 9.59 Å². The molecule has 0 fully saturated rings. The maximum atomic E-state index is 12.9. The highest BCUT2D eigenvalue weighted by atomic mass is 79.9. The lowest BCUT2D eigenvalue weighted by Gasteiger charge is -2.11. The van der Waals surface area contributed by atoms with Gasteiger partial charge in [0.25, 0.3) is 11.8 Å². The molecule has 0 bridgehead atoms. The standard InChI is InChI=1S/C27H29BrN4O3S/c1-3-36-15-14-29-17-19-4-8-21(9-5-19)26(33)31-25-13-10-22(28)16-24(25)27(34)32-30-18-20-6-11-23(35-2)12-7-20/h4-13,16,18,29H,3,14-15,17H2,1-2H3,(H,31,33)(H,32,34)/b30-18+. The zero-order chi connectivity index (χ0) is 25.8. The summed E-state index contributed by atoms with van der Waals surface area (Å²) in [5, 5.41) is 10.3. The minimum atomic E-state index is -0.445. The molecule has 3 N–H and O–H groups in total. The second kappa shape index (κ2) is 14.4. The number of thioether (sulfide) groups is 1. The fourth-order valence-corrected chi connectivity index (χ4v) is 4.16. The average Bonchev–Trinajstić information content (AvgIpc) is 2.90. The molecule has 0 spiro atoms. The van der Waals surface area contributed by atoms with E-state index in [1.165, 1.54) is 6.21 Å². The zero-order valence-corrected chi connectivity index (χ0v) is 22.6. The number of hydrazone groups is 1. The smallest absolute Gasteiger partial charge is 0.273 e. The molecular formula is C27H29BrN4O3S. The summed E-state index contributed by atoms with van der Waals surface area (Å²) in [5.74, 6) is 2.18. The van der Waals surface area contributed by atoms with Gasteiger partial charge in [0, 0.05) is 28.9 Å². The van der Waals surface area contributed by atoms with Crippen molar-refractivity contribution in [3.8, 4) is 5.75 Å². The number of hydrogen-bond donors (Lipinski definition) is 3. The topological polar surface area (TPSA) is 91.8 Å². The van der Waals surface area contributed by atoms with Crippen LogP contribution in [-0.2, 0) is 6.54 Å². The molecule has 0 aromatic heterocycles. The van der Waals surface area contributed by atoms with Gasteiger partial charge < -0.3 is 15.4 Å². The third-order valence-electron chi connectivity index (χ3n) is 5.14. The first-order valence-corrected chi connectivity index (χ1v) is 13.4. The van der Waals surface area contributed by atoms with Crippen LogP contribution in [0.15, 0.2) is 76.3 Å². The van der Waals surface area contributed by atoms with E-state index < -0.39 is 5.91 Å². The van der Waals surface area contributed by atoms with Crippen LogP contribution in [-0.4, -0.2) is 43.2 Å². The number of halogens is 1. The number of anilines is 1. The maximum absolute atomic E-state index is 12.9. The molecule has 3 aromatic rings. The minimum absolute atomic E-state index is 0.287. The molecule has 3 aromatic carbocycles.